The Kier molecular flexibility index (Phi) is 4.53. The fraction of sp³-hybridized carbons (Fsp3) is 0.400. The van der Waals surface area contributed by atoms with Crippen LogP contribution in [0.1, 0.15) is 24.0 Å². The monoisotopic (exact) mass is 244 g/mol. The van der Waals surface area contributed by atoms with Gasteiger partial charge in [-0.25, -0.2) is 0 Å². The zero-order valence-electron chi connectivity index (χ0n) is 11.1. The van der Waals surface area contributed by atoms with Crippen LogP contribution in [0.5, 0.6) is 0 Å². The lowest BCUT2D eigenvalue weighted by Crippen LogP contribution is -2.20. The van der Waals surface area contributed by atoms with Gasteiger partial charge < -0.3 is 4.42 Å². The maximum atomic E-state index is 5.70. The van der Waals surface area contributed by atoms with Crippen LogP contribution >= 0.6 is 0 Å². The molecule has 0 bridgehead atoms. The maximum absolute atomic E-state index is 5.70. The molecule has 2 rings (SSSR count). The Labute approximate surface area is 108 Å². The summed E-state index contributed by atoms with van der Waals surface area (Å²) < 4.78 is 5.70. The summed E-state index contributed by atoms with van der Waals surface area (Å²) in [6.07, 6.45) is 5.69. The first-order chi connectivity index (χ1) is 8.78. The van der Waals surface area contributed by atoms with Gasteiger partial charge in [0.1, 0.15) is 11.5 Å². The van der Waals surface area contributed by atoms with Crippen molar-refractivity contribution >= 4 is 0 Å². The molecule has 0 saturated carbocycles. The summed E-state index contributed by atoms with van der Waals surface area (Å²) in [4.78, 5) is 6.30. The molecule has 0 N–H and O–H groups in total. The second kappa shape index (κ2) is 6.36. The van der Waals surface area contributed by atoms with Gasteiger partial charge in [0.05, 0.1) is 6.54 Å². The van der Waals surface area contributed by atoms with E-state index in [4.69, 9.17) is 4.42 Å². The van der Waals surface area contributed by atoms with Crippen LogP contribution < -0.4 is 0 Å². The third-order valence-corrected chi connectivity index (χ3v) is 3.02. The largest absolute Gasteiger partial charge is 0.465 e. The number of aryl methyl sites for hydroxylation is 1. The Morgan fingerprint density at radius 2 is 1.83 bits per heavy atom. The lowest BCUT2D eigenvalue weighted by Gasteiger charge is -2.14. The van der Waals surface area contributed by atoms with E-state index in [1.165, 1.54) is 5.56 Å². The van der Waals surface area contributed by atoms with Crippen LogP contribution in [0.4, 0.5) is 0 Å². The van der Waals surface area contributed by atoms with Crippen molar-refractivity contribution in [1.82, 2.24) is 9.88 Å². The average Bonchev–Trinajstić information content (AvgIpc) is 2.85. The molecule has 0 aliphatic heterocycles. The second-order valence-electron chi connectivity index (χ2n) is 4.56. The van der Waals surface area contributed by atoms with Crippen LogP contribution in [-0.2, 0) is 19.4 Å². The number of furan rings is 1. The first kappa shape index (κ1) is 12.8. The summed E-state index contributed by atoms with van der Waals surface area (Å²) in [6.45, 7) is 3.99. The van der Waals surface area contributed by atoms with Crippen LogP contribution in [-0.4, -0.2) is 23.5 Å². The molecule has 3 heteroatoms. The molecule has 0 radical (unpaired) electrons. The first-order valence-electron chi connectivity index (χ1n) is 6.43. The third-order valence-electron chi connectivity index (χ3n) is 3.02. The summed E-state index contributed by atoms with van der Waals surface area (Å²) >= 11 is 0. The molecule has 0 aliphatic carbocycles. The normalized spacial score (nSPS) is 11.1. The van der Waals surface area contributed by atoms with E-state index in [2.05, 4.69) is 48.1 Å². The highest BCUT2D eigenvalue weighted by atomic mass is 16.3. The standard InChI is InChI=1S/C15H20N2O/c1-3-14-4-5-15(18-14)12-17(2)11-8-13-6-9-16-10-7-13/h4-7,9-10H,3,8,11-12H2,1-2H3. The Balaban J connectivity index is 1.80. The van der Waals surface area contributed by atoms with Crippen molar-refractivity contribution in [3.05, 3.63) is 53.7 Å². The highest BCUT2D eigenvalue weighted by molar-refractivity contribution is 5.10. The van der Waals surface area contributed by atoms with E-state index < -0.39 is 0 Å². The van der Waals surface area contributed by atoms with Gasteiger partial charge in [0.25, 0.3) is 0 Å². The Hall–Kier alpha value is -1.61. The van der Waals surface area contributed by atoms with Gasteiger partial charge in [-0.1, -0.05) is 6.92 Å². The van der Waals surface area contributed by atoms with Crippen molar-refractivity contribution in [1.29, 1.82) is 0 Å². The predicted molar refractivity (Wildman–Crippen MR) is 72.4 cm³/mol. The quantitative estimate of drug-likeness (QED) is 0.782. The third kappa shape index (κ3) is 3.70. The molecule has 0 amide bonds. The van der Waals surface area contributed by atoms with Gasteiger partial charge in [0, 0.05) is 25.4 Å². The smallest absolute Gasteiger partial charge is 0.118 e. The van der Waals surface area contributed by atoms with E-state index in [1.54, 1.807) is 0 Å². The molecule has 2 aromatic heterocycles. The van der Waals surface area contributed by atoms with E-state index in [9.17, 15) is 0 Å². The highest BCUT2D eigenvalue weighted by Gasteiger charge is 2.05. The van der Waals surface area contributed by atoms with Crippen molar-refractivity contribution in [2.24, 2.45) is 0 Å². The molecule has 0 aromatic carbocycles. The lowest BCUT2D eigenvalue weighted by molar-refractivity contribution is 0.294. The van der Waals surface area contributed by atoms with Crippen LogP contribution in [0.2, 0.25) is 0 Å². The first-order valence-corrected chi connectivity index (χ1v) is 6.43. The number of nitrogens with zero attached hydrogens (tertiary/aromatic N) is 2. The molecule has 3 nitrogen and oxygen atoms in total. The van der Waals surface area contributed by atoms with Crippen molar-refractivity contribution < 1.29 is 4.42 Å². The molecular weight excluding hydrogens is 224 g/mol. The van der Waals surface area contributed by atoms with E-state index >= 15 is 0 Å². The average molecular weight is 244 g/mol. The molecule has 0 spiro atoms. The van der Waals surface area contributed by atoms with Crippen molar-refractivity contribution in [3.63, 3.8) is 0 Å². The van der Waals surface area contributed by atoms with E-state index in [0.717, 1.165) is 37.5 Å². The number of hydrogen-bond donors (Lipinski definition) is 0. The molecule has 96 valence electrons. The van der Waals surface area contributed by atoms with E-state index in [1.807, 2.05) is 12.4 Å². The Bertz CT molecular complexity index is 464. The molecule has 18 heavy (non-hydrogen) atoms. The molecule has 0 atom stereocenters. The van der Waals surface area contributed by atoms with Gasteiger partial charge >= 0.3 is 0 Å². The SMILES string of the molecule is CCc1ccc(CN(C)CCc2ccncc2)o1. The zero-order valence-corrected chi connectivity index (χ0v) is 11.1. The summed E-state index contributed by atoms with van der Waals surface area (Å²) in [6, 6.07) is 8.26. The van der Waals surface area contributed by atoms with Crippen molar-refractivity contribution in [3.8, 4) is 0 Å². The minimum absolute atomic E-state index is 0.866. The lowest BCUT2D eigenvalue weighted by atomic mass is 10.2. The second-order valence-corrected chi connectivity index (χ2v) is 4.56. The van der Waals surface area contributed by atoms with Crippen LogP contribution in [0.3, 0.4) is 0 Å². The number of hydrogen-bond acceptors (Lipinski definition) is 3. The zero-order chi connectivity index (χ0) is 12.8. The van der Waals surface area contributed by atoms with Gasteiger partial charge in [-0.3, -0.25) is 9.88 Å². The maximum Gasteiger partial charge on any atom is 0.118 e. The summed E-state index contributed by atoms with van der Waals surface area (Å²) in [5.41, 5.74) is 1.32. The van der Waals surface area contributed by atoms with Gasteiger partial charge in [0.15, 0.2) is 0 Å². The Morgan fingerprint density at radius 1 is 1.11 bits per heavy atom. The van der Waals surface area contributed by atoms with Gasteiger partial charge in [-0.2, -0.15) is 0 Å². The number of pyridine rings is 1. The minimum Gasteiger partial charge on any atom is -0.465 e. The molecule has 2 heterocycles. The molecule has 0 fully saturated rings. The van der Waals surface area contributed by atoms with Gasteiger partial charge in [-0.05, 0) is 43.3 Å². The Morgan fingerprint density at radius 3 is 2.50 bits per heavy atom. The topological polar surface area (TPSA) is 29.3 Å². The number of likely N-dealkylation sites (N-methyl/N-ethyl adjacent to an activating group) is 1. The van der Waals surface area contributed by atoms with Crippen LogP contribution in [0.15, 0.2) is 41.1 Å². The minimum atomic E-state index is 0.866. The van der Waals surface area contributed by atoms with E-state index in [0.29, 0.717) is 0 Å². The van der Waals surface area contributed by atoms with E-state index in [-0.39, 0.29) is 0 Å². The summed E-state index contributed by atoms with van der Waals surface area (Å²) in [5.74, 6) is 2.11. The fourth-order valence-corrected chi connectivity index (χ4v) is 1.91. The van der Waals surface area contributed by atoms with Crippen molar-refractivity contribution in [2.45, 2.75) is 26.3 Å². The van der Waals surface area contributed by atoms with Crippen LogP contribution in [0.25, 0.3) is 0 Å². The van der Waals surface area contributed by atoms with Crippen LogP contribution in [0, 0.1) is 0 Å². The van der Waals surface area contributed by atoms with Gasteiger partial charge in [-0.15, -0.1) is 0 Å². The predicted octanol–water partition coefficient (Wildman–Crippen LogP) is 2.91. The van der Waals surface area contributed by atoms with Gasteiger partial charge in [0.2, 0.25) is 0 Å². The summed E-state index contributed by atoms with van der Waals surface area (Å²) in [5, 5.41) is 0. The molecule has 0 saturated heterocycles. The molecule has 0 unspecified atom stereocenters. The molecular formula is C15H20N2O. The molecule has 2 aromatic rings. The number of aromatic nitrogens is 1. The molecule has 0 aliphatic rings. The van der Waals surface area contributed by atoms with Crippen molar-refractivity contribution in [2.75, 3.05) is 13.6 Å². The number of rotatable bonds is 6. The highest BCUT2D eigenvalue weighted by Crippen LogP contribution is 2.10. The fourth-order valence-electron chi connectivity index (χ4n) is 1.91. The summed E-state index contributed by atoms with van der Waals surface area (Å²) in [7, 11) is 2.12.